The van der Waals surface area contributed by atoms with Gasteiger partial charge in [0.1, 0.15) is 0 Å². The van der Waals surface area contributed by atoms with Crippen LogP contribution in [0.3, 0.4) is 0 Å². The van der Waals surface area contributed by atoms with Crippen molar-refractivity contribution in [3.8, 4) is 0 Å². The Morgan fingerprint density at radius 2 is 1.83 bits per heavy atom. The minimum Gasteiger partial charge on any atom is -0.392 e. The number of nitrogens with zero attached hydrogens (tertiary/aromatic N) is 3. The van der Waals surface area contributed by atoms with Gasteiger partial charge in [-0.1, -0.05) is 13.3 Å². The highest BCUT2D eigenvalue weighted by molar-refractivity contribution is 5.30. The van der Waals surface area contributed by atoms with Crippen LogP contribution >= 0.6 is 0 Å². The molecule has 0 bridgehead atoms. The first kappa shape index (κ1) is 13.3. The molecule has 0 aromatic carbocycles. The number of anilines is 1. The summed E-state index contributed by atoms with van der Waals surface area (Å²) in [6.07, 6.45) is 9.83. The van der Waals surface area contributed by atoms with E-state index in [1.807, 2.05) is 0 Å². The van der Waals surface area contributed by atoms with E-state index in [0.29, 0.717) is 6.04 Å². The van der Waals surface area contributed by atoms with E-state index in [4.69, 9.17) is 5.11 Å². The van der Waals surface area contributed by atoms with Crippen molar-refractivity contribution in [1.29, 1.82) is 0 Å². The monoisotopic (exact) mass is 249 g/mol. The number of aliphatic hydroxyl groups is 1. The maximum atomic E-state index is 8.98. The molecule has 1 N–H and O–H groups in total. The first-order valence-electron chi connectivity index (χ1n) is 6.89. The van der Waals surface area contributed by atoms with Crippen molar-refractivity contribution in [3.63, 3.8) is 0 Å². The van der Waals surface area contributed by atoms with Crippen LogP contribution in [0.2, 0.25) is 0 Å². The zero-order chi connectivity index (χ0) is 13.0. The van der Waals surface area contributed by atoms with Crippen LogP contribution in [-0.4, -0.2) is 28.2 Å². The van der Waals surface area contributed by atoms with Crippen molar-refractivity contribution in [2.24, 2.45) is 5.92 Å². The molecule has 0 unspecified atom stereocenters. The summed E-state index contributed by atoms with van der Waals surface area (Å²) in [4.78, 5) is 10.8. The molecule has 1 fully saturated rings. The van der Waals surface area contributed by atoms with Gasteiger partial charge in [-0.05, 0) is 31.6 Å². The van der Waals surface area contributed by atoms with Gasteiger partial charge in [0.15, 0.2) is 0 Å². The molecular weight excluding hydrogens is 226 g/mol. The fourth-order valence-corrected chi connectivity index (χ4v) is 2.72. The van der Waals surface area contributed by atoms with E-state index >= 15 is 0 Å². The van der Waals surface area contributed by atoms with E-state index < -0.39 is 0 Å². The third-order valence-electron chi connectivity index (χ3n) is 4.13. The number of hydrogen-bond acceptors (Lipinski definition) is 4. The van der Waals surface area contributed by atoms with Crippen molar-refractivity contribution in [2.45, 2.75) is 51.7 Å². The molecule has 0 atom stereocenters. The molecule has 100 valence electrons. The molecule has 1 aliphatic rings. The van der Waals surface area contributed by atoms with Crippen LogP contribution in [0.15, 0.2) is 12.4 Å². The zero-order valence-corrected chi connectivity index (χ0v) is 11.3. The summed E-state index contributed by atoms with van der Waals surface area (Å²) in [5, 5.41) is 8.98. The van der Waals surface area contributed by atoms with Crippen molar-refractivity contribution in [1.82, 2.24) is 9.97 Å². The van der Waals surface area contributed by atoms with Crippen LogP contribution in [0.1, 0.15) is 44.6 Å². The predicted molar refractivity (Wildman–Crippen MR) is 72.4 cm³/mol. The third-order valence-corrected chi connectivity index (χ3v) is 4.13. The zero-order valence-electron chi connectivity index (χ0n) is 11.3. The van der Waals surface area contributed by atoms with Crippen molar-refractivity contribution in [3.05, 3.63) is 18.0 Å². The minimum absolute atomic E-state index is 0.00556. The maximum Gasteiger partial charge on any atom is 0.225 e. The standard InChI is InChI=1S/C14H23N3O/c1-3-11-4-6-13(7-5-11)17(2)14-15-8-12(10-18)9-16-14/h8-9,11,13,18H,3-7,10H2,1-2H3. The van der Waals surface area contributed by atoms with Crippen LogP contribution < -0.4 is 4.90 Å². The molecule has 1 aromatic heterocycles. The topological polar surface area (TPSA) is 49.2 Å². The summed E-state index contributed by atoms with van der Waals surface area (Å²) < 4.78 is 0. The number of aliphatic hydroxyl groups excluding tert-OH is 1. The molecule has 0 spiro atoms. The molecule has 4 nitrogen and oxygen atoms in total. The van der Waals surface area contributed by atoms with Crippen molar-refractivity contribution < 1.29 is 5.11 Å². The fraction of sp³-hybridized carbons (Fsp3) is 0.714. The molecule has 1 saturated carbocycles. The van der Waals surface area contributed by atoms with Gasteiger partial charge in [0.2, 0.25) is 5.95 Å². The van der Waals surface area contributed by atoms with E-state index in [9.17, 15) is 0 Å². The molecule has 0 amide bonds. The fourth-order valence-electron chi connectivity index (χ4n) is 2.72. The predicted octanol–water partition coefficient (Wildman–Crippen LogP) is 2.37. The largest absolute Gasteiger partial charge is 0.392 e. The lowest BCUT2D eigenvalue weighted by molar-refractivity contribution is 0.280. The Hall–Kier alpha value is -1.16. The lowest BCUT2D eigenvalue weighted by atomic mass is 9.84. The van der Waals surface area contributed by atoms with Gasteiger partial charge in [-0.2, -0.15) is 0 Å². The molecule has 18 heavy (non-hydrogen) atoms. The van der Waals surface area contributed by atoms with Crippen LogP contribution in [0.5, 0.6) is 0 Å². The Bertz CT molecular complexity index is 358. The van der Waals surface area contributed by atoms with Crippen molar-refractivity contribution in [2.75, 3.05) is 11.9 Å². The smallest absolute Gasteiger partial charge is 0.225 e. The van der Waals surface area contributed by atoms with Crippen LogP contribution in [0.25, 0.3) is 0 Å². The minimum atomic E-state index is 0.00556. The highest BCUT2D eigenvalue weighted by Crippen LogP contribution is 2.30. The highest BCUT2D eigenvalue weighted by atomic mass is 16.3. The Morgan fingerprint density at radius 1 is 1.22 bits per heavy atom. The summed E-state index contributed by atoms with van der Waals surface area (Å²) in [6.45, 7) is 2.29. The van der Waals surface area contributed by atoms with Gasteiger partial charge in [-0.15, -0.1) is 0 Å². The Kier molecular flexibility index (Phi) is 4.53. The summed E-state index contributed by atoms with van der Waals surface area (Å²) in [6, 6.07) is 0.563. The maximum absolute atomic E-state index is 8.98. The lowest BCUT2D eigenvalue weighted by Crippen LogP contribution is -2.36. The molecule has 0 saturated heterocycles. The second-order valence-corrected chi connectivity index (χ2v) is 5.24. The summed E-state index contributed by atoms with van der Waals surface area (Å²) in [7, 11) is 2.07. The molecule has 0 radical (unpaired) electrons. The Balaban J connectivity index is 1.96. The quantitative estimate of drug-likeness (QED) is 0.890. The normalized spacial score (nSPS) is 23.9. The Labute approximate surface area is 109 Å². The molecule has 1 aliphatic carbocycles. The number of hydrogen-bond donors (Lipinski definition) is 1. The van der Waals surface area contributed by atoms with E-state index in [0.717, 1.165) is 17.4 Å². The van der Waals surface area contributed by atoms with E-state index in [1.54, 1.807) is 12.4 Å². The lowest BCUT2D eigenvalue weighted by Gasteiger charge is -2.34. The molecule has 1 heterocycles. The highest BCUT2D eigenvalue weighted by Gasteiger charge is 2.24. The van der Waals surface area contributed by atoms with Gasteiger partial charge in [0, 0.05) is 31.0 Å². The molecule has 4 heteroatoms. The van der Waals surface area contributed by atoms with Gasteiger partial charge in [0.25, 0.3) is 0 Å². The van der Waals surface area contributed by atoms with Gasteiger partial charge < -0.3 is 10.0 Å². The third kappa shape index (κ3) is 2.99. The number of rotatable bonds is 4. The Morgan fingerprint density at radius 3 is 2.33 bits per heavy atom. The second-order valence-electron chi connectivity index (χ2n) is 5.24. The van der Waals surface area contributed by atoms with Crippen molar-refractivity contribution >= 4 is 5.95 Å². The van der Waals surface area contributed by atoms with Crippen LogP contribution in [-0.2, 0) is 6.61 Å². The first-order valence-corrected chi connectivity index (χ1v) is 6.89. The SMILES string of the molecule is CCC1CCC(N(C)c2ncc(CO)cn2)CC1. The van der Waals surface area contributed by atoms with E-state index in [-0.39, 0.29) is 6.61 Å². The molecule has 1 aromatic rings. The molecule has 0 aliphatic heterocycles. The summed E-state index contributed by atoms with van der Waals surface area (Å²) in [5.41, 5.74) is 0.766. The average molecular weight is 249 g/mol. The van der Waals surface area contributed by atoms with Crippen LogP contribution in [0, 0.1) is 5.92 Å². The van der Waals surface area contributed by atoms with Gasteiger partial charge in [-0.25, -0.2) is 9.97 Å². The average Bonchev–Trinajstić information content (AvgIpc) is 2.47. The van der Waals surface area contributed by atoms with Crippen LogP contribution in [0.4, 0.5) is 5.95 Å². The van der Waals surface area contributed by atoms with Gasteiger partial charge >= 0.3 is 0 Å². The number of aromatic nitrogens is 2. The van der Waals surface area contributed by atoms with E-state index in [2.05, 4.69) is 28.8 Å². The summed E-state index contributed by atoms with van der Waals surface area (Å²) in [5.74, 6) is 1.68. The first-order chi connectivity index (χ1) is 8.74. The molecular formula is C14H23N3O. The molecule has 2 rings (SSSR count). The second kappa shape index (κ2) is 6.14. The van der Waals surface area contributed by atoms with Gasteiger partial charge in [-0.3, -0.25) is 0 Å². The van der Waals surface area contributed by atoms with E-state index in [1.165, 1.54) is 32.1 Å². The van der Waals surface area contributed by atoms with Gasteiger partial charge in [0.05, 0.1) is 6.61 Å². The summed E-state index contributed by atoms with van der Waals surface area (Å²) >= 11 is 0.